The smallest absolute Gasteiger partial charge is 0.273 e. The first-order valence-electron chi connectivity index (χ1n) is 7.66. The molecule has 25 heavy (non-hydrogen) atoms. The second-order valence-electron chi connectivity index (χ2n) is 5.53. The van der Waals surface area contributed by atoms with Crippen LogP contribution in [0.2, 0.25) is 0 Å². The Bertz CT molecular complexity index is 861. The quantitative estimate of drug-likeness (QED) is 0.769. The van der Waals surface area contributed by atoms with Gasteiger partial charge in [0.15, 0.2) is 0 Å². The highest BCUT2D eigenvalue weighted by Crippen LogP contribution is 2.36. The number of hydrogen-bond acceptors (Lipinski definition) is 3. The Morgan fingerprint density at radius 2 is 1.72 bits per heavy atom. The van der Waals surface area contributed by atoms with Crippen LogP contribution in [0.3, 0.4) is 0 Å². The number of rotatable bonds is 5. The molecule has 0 saturated carbocycles. The number of halogens is 2. The van der Waals surface area contributed by atoms with Gasteiger partial charge in [-0.15, -0.1) is 0 Å². The maximum Gasteiger partial charge on any atom is 0.273 e. The highest BCUT2D eigenvalue weighted by atomic mass is 35.5. The number of hydrogen-bond donors (Lipinski definition) is 0. The van der Waals surface area contributed by atoms with E-state index in [1.807, 2.05) is 0 Å². The normalized spacial score (nSPS) is 14.4. The van der Waals surface area contributed by atoms with E-state index >= 15 is 0 Å². The lowest BCUT2D eigenvalue weighted by molar-refractivity contribution is -0.136. The minimum Gasteiger partial charge on any atom is -0.496 e. The van der Waals surface area contributed by atoms with E-state index in [0.717, 1.165) is 10.5 Å². The Morgan fingerprint density at radius 1 is 1.04 bits per heavy atom. The van der Waals surface area contributed by atoms with Crippen molar-refractivity contribution in [1.82, 2.24) is 4.90 Å². The maximum absolute atomic E-state index is 13.0. The number of carbonyl (C=O) groups excluding carboxylic acids is 2. The third kappa shape index (κ3) is 3.28. The molecule has 2 amide bonds. The van der Waals surface area contributed by atoms with Crippen molar-refractivity contribution in [3.05, 3.63) is 70.5 Å². The molecule has 2 aromatic carbocycles. The predicted molar refractivity (Wildman–Crippen MR) is 92.6 cm³/mol. The van der Waals surface area contributed by atoms with Crippen molar-refractivity contribution in [3.63, 3.8) is 0 Å². The largest absolute Gasteiger partial charge is 0.496 e. The molecule has 1 aliphatic rings. The summed E-state index contributed by atoms with van der Waals surface area (Å²) in [6.07, 6.45) is 0.418. The molecule has 0 radical (unpaired) electrons. The van der Waals surface area contributed by atoms with Crippen molar-refractivity contribution in [3.8, 4) is 5.75 Å². The third-order valence-electron chi connectivity index (χ3n) is 4.03. The SMILES string of the molecule is COc1ccccc1C1=C(Cl)C(=O)N(CCc2ccc(F)cc2)C1=O. The van der Waals surface area contributed by atoms with Crippen LogP contribution in [0, 0.1) is 5.82 Å². The molecule has 0 aliphatic carbocycles. The lowest BCUT2D eigenvalue weighted by Crippen LogP contribution is -2.33. The fourth-order valence-corrected chi connectivity index (χ4v) is 3.01. The number of benzene rings is 2. The fraction of sp³-hybridized carbons (Fsp3) is 0.158. The molecule has 0 saturated heterocycles. The Hall–Kier alpha value is -2.66. The van der Waals surface area contributed by atoms with Gasteiger partial charge >= 0.3 is 0 Å². The van der Waals surface area contributed by atoms with Gasteiger partial charge in [-0.3, -0.25) is 14.5 Å². The molecule has 0 N–H and O–H groups in total. The van der Waals surface area contributed by atoms with Crippen LogP contribution < -0.4 is 4.74 Å². The van der Waals surface area contributed by atoms with Crippen LogP contribution in [0.1, 0.15) is 11.1 Å². The Kier molecular flexibility index (Phi) is 4.86. The summed E-state index contributed by atoms with van der Waals surface area (Å²) >= 11 is 6.15. The second kappa shape index (κ2) is 7.07. The van der Waals surface area contributed by atoms with Crippen molar-refractivity contribution in [1.29, 1.82) is 0 Å². The van der Waals surface area contributed by atoms with Gasteiger partial charge < -0.3 is 4.74 Å². The lowest BCUT2D eigenvalue weighted by atomic mass is 10.0. The molecule has 0 atom stereocenters. The first kappa shape index (κ1) is 17.2. The summed E-state index contributed by atoms with van der Waals surface area (Å²) in [7, 11) is 1.49. The van der Waals surface area contributed by atoms with Crippen molar-refractivity contribution in [2.24, 2.45) is 0 Å². The van der Waals surface area contributed by atoms with Gasteiger partial charge in [0.2, 0.25) is 0 Å². The second-order valence-corrected chi connectivity index (χ2v) is 5.91. The van der Waals surface area contributed by atoms with Crippen molar-refractivity contribution in [2.75, 3.05) is 13.7 Å². The Labute approximate surface area is 149 Å². The minimum absolute atomic E-state index is 0.117. The molecule has 2 aromatic rings. The Morgan fingerprint density at radius 3 is 2.40 bits per heavy atom. The zero-order valence-electron chi connectivity index (χ0n) is 13.5. The molecule has 0 bridgehead atoms. The van der Waals surface area contributed by atoms with Crippen molar-refractivity contribution < 1.29 is 18.7 Å². The fourth-order valence-electron chi connectivity index (χ4n) is 2.73. The van der Waals surface area contributed by atoms with E-state index < -0.39 is 11.8 Å². The Balaban J connectivity index is 1.83. The van der Waals surface area contributed by atoms with Crippen LogP contribution >= 0.6 is 11.6 Å². The van der Waals surface area contributed by atoms with E-state index in [1.54, 1.807) is 36.4 Å². The molecule has 1 heterocycles. The monoisotopic (exact) mass is 359 g/mol. The molecule has 3 rings (SSSR count). The molecule has 128 valence electrons. The molecular weight excluding hydrogens is 345 g/mol. The highest BCUT2D eigenvalue weighted by Gasteiger charge is 2.38. The number of carbonyl (C=O) groups is 2. The lowest BCUT2D eigenvalue weighted by Gasteiger charge is -2.15. The zero-order chi connectivity index (χ0) is 18.0. The highest BCUT2D eigenvalue weighted by molar-refractivity contribution is 6.55. The molecule has 6 heteroatoms. The number of nitrogens with zero attached hydrogens (tertiary/aromatic N) is 1. The third-order valence-corrected chi connectivity index (χ3v) is 4.38. The summed E-state index contributed by atoms with van der Waals surface area (Å²) < 4.78 is 18.2. The molecule has 1 aliphatic heterocycles. The standard InChI is InChI=1S/C19H15ClFNO3/c1-25-15-5-3-2-4-14(15)16-17(20)19(24)22(18(16)23)11-10-12-6-8-13(21)9-7-12/h2-9H,10-11H2,1H3. The maximum atomic E-state index is 13.0. The average molecular weight is 360 g/mol. The average Bonchev–Trinajstić information content (AvgIpc) is 2.84. The van der Waals surface area contributed by atoms with Gasteiger partial charge in [-0.05, 0) is 30.2 Å². The van der Waals surface area contributed by atoms with Crippen molar-refractivity contribution in [2.45, 2.75) is 6.42 Å². The van der Waals surface area contributed by atoms with Gasteiger partial charge in [0.25, 0.3) is 11.8 Å². The molecule has 0 fully saturated rings. The first-order valence-corrected chi connectivity index (χ1v) is 8.04. The van der Waals surface area contributed by atoms with Crippen LogP contribution in [0.4, 0.5) is 4.39 Å². The van der Waals surface area contributed by atoms with E-state index in [1.165, 1.54) is 19.2 Å². The minimum atomic E-state index is -0.533. The molecular formula is C19H15ClFNO3. The number of imide groups is 1. The van der Waals surface area contributed by atoms with Gasteiger partial charge in [-0.25, -0.2) is 4.39 Å². The van der Waals surface area contributed by atoms with Gasteiger partial charge in [-0.2, -0.15) is 0 Å². The summed E-state index contributed by atoms with van der Waals surface area (Å²) in [5, 5.41) is -0.117. The van der Waals surface area contributed by atoms with Gasteiger partial charge in [-0.1, -0.05) is 41.9 Å². The predicted octanol–water partition coefficient (Wildman–Crippen LogP) is 3.40. The van der Waals surface area contributed by atoms with Crippen LogP contribution in [0.25, 0.3) is 5.57 Å². The van der Waals surface area contributed by atoms with E-state index in [4.69, 9.17) is 16.3 Å². The summed E-state index contributed by atoms with van der Waals surface area (Å²) in [5.74, 6) is -0.853. The van der Waals surface area contributed by atoms with E-state index in [0.29, 0.717) is 17.7 Å². The summed E-state index contributed by atoms with van der Waals surface area (Å²) in [6, 6.07) is 12.8. The molecule has 0 unspecified atom stereocenters. The van der Waals surface area contributed by atoms with E-state index in [2.05, 4.69) is 0 Å². The van der Waals surface area contributed by atoms with Crippen LogP contribution in [0.15, 0.2) is 53.6 Å². The van der Waals surface area contributed by atoms with Crippen LogP contribution in [0.5, 0.6) is 5.75 Å². The summed E-state index contributed by atoms with van der Waals surface area (Å²) in [6.45, 7) is 0.165. The summed E-state index contributed by atoms with van der Waals surface area (Å²) in [5.41, 5.74) is 1.45. The topological polar surface area (TPSA) is 46.6 Å². The zero-order valence-corrected chi connectivity index (χ0v) is 14.2. The molecule has 0 aromatic heterocycles. The van der Waals surface area contributed by atoms with Gasteiger partial charge in [0.1, 0.15) is 16.6 Å². The number of para-hydroxylation sites is 1. The van der Waals surface area contributed by atoms with E-state index in [-0.39, 0.29) is 23.0 Å². The number of methoxy groups -OCH3 is 1. The molecule has 0 spiro atoms. The van der Waals surface area contributed by atoms with Crippen LogP contribution in [-0.2, 0) is 16.0 Å². The van der Waals surface area contributed by atoms with E-state index in [9.17, 15) is 14.0 Å². The van der Waals surface area contributed by atoms with Crippen LogP contribution in [-0.4, -0.2) is 30.4 Å². The number of amides is 2. The number of ether oxygens (including phenoxy) is 1. The van der Waals surface area contributed by atoms with Gasteiger partial charge in [0, 0.05) is 12.1 Å². The summed E-state index contributed by atoms with van der Waals surface area (Å²) in [4.78, 5) is 26.2. The first-order chi connectivity index (χ1) is 12.0. The molecule has 4 nitrogen and oxygen atoms in total. The van der Waals surface area contributed by atoms with Crippen molar-refractivity contribution >= 4 is 29.0 Å². The van der Waals surface area contributed by atoms with Gasteiger partial charge in [0.05, 0.1) is 12.7 Å².